The number of benzene rings is 2. The molecule has 0 spiro atoms. The third-order valence-electron chi connectivity index (χ3n) is 5.00. The maximum Gasteiger partial charge on any atom is 0.341 e. The lowest BCUT2D eigenvalue weighted by Crippen LogP contribution is -2.09. The number of rotatable bonds is 7. The van der Waals surface area contributed by atoms with Gasteiger partial charge in [0.15, 0.2) is 23.9 Å². The van der Waals surface area contributed by atoms with Crippen molar-refractivity contribution in [2.75, 3.05) is 13.4 Å². The second-order valence-corrected chi connectivity index (χ2v) is 7.10. The molecule has 0 saturated carbocycles. The van der Waals surface area contributed by atoms with Crippen LogP contribution in [0.15, 0.2) is 54.6 Å². The number of hydrogen-bond acceptors (Lipinski definition) is 5. The van der Waals surface area contributed by atoms with E-state index >= 15 is 0 Å². The summed E-state index contributed by atoms with van der Waals surface area (Å²) in [5.41, 5.74) is 4.41. The van der Waals surface area contributed by atoms with Crippen molar-refractivity contribution < 1.29 is 28.9 Å². The number of hydrogen-bond donors (Lipinski definition) is 1. The van der Waals surface area contributed by atoms with E-state index in [9.17, 15) is 9.59 Å². The summed E-state index contributed by atoms with van der Waals surface area (Å²) >= 11 is 0. The molecule has 0 amide bonds. The Morgan fingerprint density at radius 3 is 2.55 bits per heavy atom. The second kappa shape index (κ2) is 8.39. The highest BCUT2D eigenvalue weighted by Gasteiger charge is 2.16. The highest BCUT2D eigenvalue weighted by atomic mass is 16.7. The number of aryl methyl sites for hydroxylation is 1. The highest BCUT2D eigenvalue weighted by molar-refractivity contribution is 6.06. The molecular weight excluding hydrogens is 398 g/mol. The van der Waals surface area contributed by atoms with Gasteiger partial charge in [-0.15, -0.1) is 0 Å². The van der Waals surface area contributed by atoms with Crippen LogP contribution in [-0.4, -0.2) is 34.8 Å². The van der Waals surface area contributed by atoms with Crippen molar-refractivity contribution in [2.45, 2.75) is 13.8 Å². The average Bonchev–Trinajstić information content (AvgIpc) is 3.34. The third kappa shape index (κ3) is 4.30. The fraction of sp³-hybridized carbons (Fsp3) is 0.167. The largest absolute Gasteiger partial charge is 0.482 e. The predicted octanol–water partition coefficient (Wildman–Crippen LogP) is 4.18. The van der Waals surface area contributed by atoms with E-state index in [0.717, 1.165) is 28.4 Å². The molecule has 31 heavy (non-hydrogen) atoms. The van der Waals surface area contributed by atoms with Crippen molar-refractivity contribution in [3.8, 4) is 22.9 Å². The van der Waals surface area contributed by atoms with E-state index in [0.29, 0.717) is 17.1 Å². The lowest BCUT2D eigenvalue weighted by atomic mass is 10.1. The van der Waals surface area contributed by atoms with Gasteiger partial charge in [0.1, 0.15) is 5.75 Å². The van der Waals surface area contributed by atoms with Crippen molar-refractivity contribution in [3.63, 3.8) is 0 Å². The Morgan fingerprint density at radius 2 is 1.81 bits per heavy atom. The van der Waals surface area contributed by atoms with Crippen LogP contribution in [0, 0.1) is 13.8 Å². The van der Waals surface area contributed by atoms with E-state index < -0.39 is 12.6 Å². The molecule has 1 aliphatic heterocycles. The van der Waals surface area contributed by atoms with Crippen LogP contribution in [0.5, 0.6) is 17.2 Å². The molecule has 0 saturated heterocycles. The van der Waals surface area contributed by atoms with Gasteiger partial charge in [0.25, 0.3) is 0 Å². The average molecular weight is 419 g/mol. The molecule has 158 valence electrons. The molecule has 0 bridgehead atoms. The molecule has 2 heterocycles. The minimum Gasteiger partial charge on any atom is -0.482 e. The number of carboxylic acid groups (broad SMARTS) is 1. The standard InChI is InChI=1S/C24H21NO6/c1-15-11-18(16(2)25(15)19-6-10-22-23(12-19)31-14-30-22)5-9-21(26)17-3-7-20(8-4-17)29-13-24(27)28/h3-12H,13-14H2,1-2H3,(H,27,28)/b9-5+. The summed E-state index contributed by atoms with van der Waals surface area (Å²) in [5.74, 6) is 0.638. The summed E-state index contributed by atoms with van der Waals surface area (Å²) in [5, 5.41) is 8.65. The van der Waals surface area contributed by atoms with E-state index in [2.05, 4.69) is 4.57 Å². The molecule has 0 aliphatic carbocycles. The maximum absolute atomic E-state index is 12.5. The van der Waals surface area contributed by atoms with Crippen LogP contribution in [0.3, 0.4) is 0 Å². The van der Waals surface area contributed by atoms with Crippen LogP contribution in [0.2, 0.25) is 0 Å². The number of ether oxygens (including phenoxy) is 3. The first-order chi connectivity index (χ1) is 14.9. The zero-order chi connectivity index (χ0) is 22.0. The SMILES string of the molecule is Cc1cc(/C=C/C(=O)c2ccc(OCC(=O)O)cc2)c(C)n1-c1ccc2c(c1)OCO2. The second-order valence-electron chi connectivity index (χ2n) is 7.10. The number of allylic oxidation sites excluding steroid dienone is 1. The number of carbonyl (C=O) groups excluding carboxylic acids is 1. The van der Waals surface area contributed by atoms with Crippen molar-refractivity contribution >= 4 is 17.8 Å². The van der Waals surface area contributed by atoms with Gasteiger partial charge in [-0.25, -0.2) is 4.79 Å². The van der Waals surface area contributed by atoms with Crippen molar-refractivity contribution in [1.29, 1.82) is 0 Å². The predicted molar refractivity (Wildman–Crippen MR) is 114 cm³/mol. The Labute approximate surface area is 179 Å². The molecular formula is C24H21NO6. The lowest BCUT2D eigenvalue weighted by molar-refractivity contribution is -0.139. The number of nitrogens with zero attached hydrogens (tertiary/aromatic N) is 1. The fourth-order valence-electron chi connectivity index (χ4n) is 3.50. The molecule has 0 radical (unpaired) electrons. The maximum atomic E-state index is 12.5. The van der Waals surface area contributed by atoms with Gasteiger partial charge in [0.2, 0.25) is 6.79 Å². The Kier molecular flexibility index (Phi) is 5.49. The summed E-state index contributed by atoms with van der Waals surface area (Å²) in [6.07, 6.45) is 3.32. The Morgan fingerprint density at radius 1 is 1.06 bits per heavy atom. The lowest BCUT2D eigenvalue weighted by Gasteiger charge is -2.10. The fourth-order valence-corrected chi connectivity index (χ4v) is 3.50. The quantitative estimate of drug-likeness (QED) is 0.457. The van der Waals surface area contributed by atoms with Gasteiger partial charge in [-0.05, 0) is 74.0 Å². The van der Waals surface area contributed by atoms with E-state index in [4.69, 9.17) is 19.3 Å². The zero-order valence-corrected chi connectivity index (χ0v) is 17.1. The van der Waals surface area contributed by atoms with E-state index in [1.807, 2.05) is 38.1 Å². The first-order valence-corrected chi connectivity index (χ1v) is 9.68. The smallest absolute Gasteiger partial charge is 0.341 e. The van der Waals surface area contributed by atoms with Crippen LogP contribution in [0.1, 0.15) is 27.3 Å². The molecule has 4 rings (SSSR count). The summed E-state index contributed by atoms with van der Waals surface area (Å²) in [7, 11) is 0. The summed E-state index contributed by atoms with van der Waals surface area (Å²) in [6.45, 7) is 3.81. The number of ketones is 1. The van der Waals surface area contributed by atoms with Crippen molar-refractivity contribution in [1.82, 2.24) is 4.57 Å². The topological polar surface area (TPSA) is 87.0 Å². The Bertz CT molecular complexity index is 1170. The molecule has 7 nitrogen and oxygen atoms in total. The van der Waals surface area contributed by atoms with Crippen LogP contribution < -0.4 is 14.2 Å². The molecule has 1 aliphatic rings. The Hall–Kier alpha value is -4.00. The van der Waals surface area contributed by atoms with Crippen molar-refractivity contribution in [2.24, 2.45) is 0 Å². The molecule has 0 atom stereocenters. The van der Waals surface area contributed by atoms with Gasteiger partial charge < -0.3 is 23.9 Å². The molecule has 3 aromatic rings. The number of fused-ring (bicyclic) bond motifs is 1. The Balaban J connectivity index is 1.51. The van der Waals surface area contributed by atoms with Crippen LogP contribution >= 0.6 is 0 Å². The van der Waals surface area contributed by atoms with E-state index in [1.54, 1.807) is 30.3 Å². The third-order valence-corrected chi connectivity index (χ3v) is 5.00. The van der Waals surface area contributed by atoms with Crippen LogP contribution in [0.25, 0.3) is 11.8 Å². The minimum atomic E-state index is -1.05. The van der Waals surface area contributed by atoms with Crippen LogP contribution in [-0.2, 0) is 4.79 Å². The molecule has 2 aromatic carbocycles. The number of carboxylic acids is 1. The van der Waals surface area contributed by atoms with Crippen molar-refractivity contribution in [3.05, 3.63) is 77.1 Å². The first-order valence-electron chi connectivity index (χ1n) is 9.68. The molecule has 1 aromatic heterocycles. The zero-order valence-electron chi connectivity index (χ0n) is 17.1. The molecule has 1 N–H and O–H groups in total. The summed E-state index contributed by atoms with van der Waals surface area (Å²) < 4.78 is 18.0. The first kappa shape index (κ1) is 20.3. The monoisotopic (exact) mass is 419 g/mol. The van der Waals surface area contributed by atoms with Gasteiger partial charge in [-0.2, -0.15) is 0 Å². The summed E-state index contributed by atoms with van der Waals surface area (Å²) in [4.78, 5) is 23.1. The van der Waals surface area contributed by atoms with Gasteiger partial charge in [-0.1, -0.05) is 0 Å². The van der Waals surface area contributed by atoms with Crippen LogP contribution in [0.4, 0.5) is 0 Å². The van der Waals surface area contributed by atoms with E-state index in [1.165, 1.54) is 6.08 Å². The molecule has 7 heteroatoms. The minimum absolute atomic E-state index is 0.155. The number of aliphatic carboxylic acids is 1. The molecule has 0 fully saturated rings. The van der Waals surface area contributed by atoms with Gasteiger partial charge >= 0.3 is 5.97 Å². The summed E-state index contributed by atoms with van der Waals surface area (Å²) in [6, 6.07) is 14.2. The van der Waals surface area contributed by atoms with Gasteiger partial charge in [-0.3, -0.25) is 4.79 Å². The van der Waals surface area contributed by atoms with Gasteiger partial charge in [0, 0.05) is 28.7 Å². The van der Waals surface area contributed by atoms with E-state index in [-0.39, 0.29) is 12.6 Å². The number of carbonyl (C=O) groups is 2. The highest BCUT2D eigenvalue weighted by Crippen LogP contribution is 2.35. The van der Waals surface area contributed by atoms with Gasteiger partial charge in [0.05, 0.1) is 0 Å². The number of aromatic nitrogens is 1. The molecule has 0 unspecified atom stereocenters. The normalized spacial score (nSPS) is 12.3.